The average Bonchev–Trinajstić information content (AvgIpc) is 2.34. The number of benzene rings is 1. The summed E-state index contributed by atoms with van der Waals surface area (Å²) in [5, 5.41) is 19.1. The van der Waals surface area contributed by atoms with Gasteiger partial charge in [0.25, 0.3) is 0 Å². The number of hydrogen-bond acceptors (Lipinski definition) is 3. The van der Waals surface area contributed by atoms with Gasteiger partial charge in [0, 0.05) is 0 Å². The van der Waals surface area contributed by atoms with E-state index in [1.165, 1.54) is 0 Å². The van der Waals surface area contributed by atoms with Crippen LogP contribution in [-0.2, 0) is 11.0 Å². The third-order valence-corrected chi connectivity index (χ3v) is 8.46. The molecule has 0 aliphatic carbocycles. The fraction of sp³-hybridized carbons (Fsp3) is 0.600. The molecular formula is C15H26O3Si. The second-order valence-corrected chi connectivity index (χ2v) is 11.3. The van der Waals surface area contributed by atoms with Crippen LogP contribution in [0.2, 0.25) is 18.1 Å². The molecule has 0 aromatic heterocycles. The van der Waals surface area contributed by atoms with E-state index in [1.54, 1.807) is 0 Å². The summed E-state index contributed by atoms with van der Waals surface area (Å²) >= 11 is 0. The molecule has 0 unspecified atom stereocenters. The zero-order chi connectivity index (χ0) is 14.7. The third kappa shape index (κ3) is 4.14. The number of aliphatic hydroxyl groups excluding tert-OH is 2. The van der Waals surface area contributed by atoms with Gasteiger partial charge in [-0.1, -0.05) is 45.0 Å². The van der Waals surface area contributed by atoms with Crippen molar-refractivity contribution in [2.75, 3.05) is 6.61 Å². The first-order chi connectivity index (χ1) is 8.69. The highest BCUT2D eigenvalue weighted by Crippen LogP contribution is 2.37. The molecule has 4 heteroatoms. The Hall–Kier alpha value is -0.683. The maximum Gasteiger partial charge on any atom is 0.192 e. The van der Waals surface area contributed by atoms with Gasteiger partial charge in [0.2, 0.25) is 0 Å². The molecule has 0 saturated carbocycles. The highest BCUT2D eigenvalue weighted by atomic mass is 28.4. The minimum atomic E-state index is -1.80. The quantitative estimate of drug-likeness (QED) is 0.815. The van der Waals surface area contributed by atoms with E-state index >= 15 is 0 Å². The van der Waals surface area contributed by atoms with E-state index in [-0.39, 0.29) is 11.6 Å². The van der Waals surface area contributed by atoms with Gasteiger partial charge >= 0.3 is 0 Å². The monoisotopic (exact) mass is 282 g/mol. The van der Waals surface area contributed by atoms with E-state index in [0.717, 1.165) is 11.1 Å². The van der Waals surface area contributed by atoms with Crippen LogP contribution in [0.25, 0.3) is 0 Å². The Labute approximate surface area is 117 Å². The second-order valence-electron chi connectivity index (χ2n) is 6.45. The molecule has 0 heterocycles. The van der Waals surface area contributed by atoms with E-state index in [4.69, 9.17) is 9.53 Å². The first-order valence-electron chi connectivity index (χ1n) is 6.70. The smallest absolute Gasteiger partial charge is 0.192 e. The lowest BCUT2D eigenvalue weighted by Crippen LogP contribution is -2.40. The van der Waals surface area contributed by atoms with Crippen LogP contribution in [0.4, 0.5) is 0 Å². The van der Waals surface area contributed by atoms with Crippen LogP contribution in [0.1, 0.15) is 38.0 Å². The van der Waals surface area contributed by atoms with Crippen molar-refractivity contribution in [3.8, 4) is 0 Å². The predicted molar refractivity (Wildman–Crippen MR) is 80.5 cm³/mol. The second kappa shape index (κ2) is 6.18. The summed E-state index contributed by atoms with van der Waals surface area (Å²) in [7, 11) is -1.80. The Balaban J connectivity index is 2.84. The minimum absolute atomic E-state index is 0.164. The molecule has 108 valence electrons. The summed E-state index contributed by atoms with van der Waals surface area (Å²) in [4.78, 5) is 0. The van der Waals surface area contributed by atoms with Crippen molar-refractivity contribution in [1.82, 2.24) is 0 Å². The predicted octanol–water partition coefficient (Wildman–Crippen LogP) is 3.23. The van der Waals surface area contributed by atoms with Gasteiger partial charge in [-0.15, -0.1) is 0 Å². The van der Waals surface area contributed by atoms with Crippen LogP contribution in [-0.4, -0.2) is 25.1 Å². The van der Waals surface area contributed by atoms with Crippen molar-refractivity contribution < 1.29 is 14.6 Å². The van der Waals surface area contributed by atoms with Gasteiger partial charge in [-0.3, -0.25) is 0 Å². The molecule has 3 nitrogen and oxygen atoms in total. The van der Waals surface area contributed by atoms with E-state index < -0.39 is 14.4 Å². The summed E-state index contributed by atoms with van der Waals surface area (Å²) in [5.74, 6) is 0. The number of aliphatic hydroxyl groups is 2. The first kappa shape index (κ1) is 16.4. The fourth-order valence-corrected chi connectivity index (χ4v) is 2.51. The van der Waals surface area contributed by atoms with Crippen molar-refractivity contribution in [2.24, 2.45) is 0 Å². The van der Waals surface area contributed by atoms with E-state index in [1.807, 2.05) is 24.3 Å². The SMILES string of the molecule is CC(C)(C)[Si](C)(C)OCc1ccccc1[C@@H](O)CO. The number of rotatable bonds is 5. The van der Waals surface area contributed by atoms with Crippen molar-refractivity contribution >= 4 is 8.32 Å². The summed E-state index contributed by atoms with van der Waals surface area (Å²) in [6.45, 7) is 11.2. The zero-order valence-corrected chi connectivity index (χ0v) is 13.6. The Bertz CT molecular complexity index is 410. The highest BCUT2D eigenvalue weighted by Gasteiger charge is 2.37. The van der Waals surface area contributed by atoms with Gasteiger partial charge in [0.15, 0.2) is 8.32 Å². The van der Waals surface area contributed by atoms with Gasteiger partial charge in [0.05, 0.1) is 13.2 Å². The third-order valence-electron chi connectivity index (χ3n) is 3.98. The van der Waals surface area contributed by atoms with Crippen molar-refractivity contribution in [3.05, 3.63) is 35.4 Å². The first-order valence-corrected chi connectivity index (χ1v) is 9.60. The Morgan fingerprint density at radius 2 is 1.79 bits per heavy atom. The molecule has 0 spiro atoms. The molecule has 1 aromatic rings. The van der Waals surface area contributed by atoms with Crippen LogP contribution in [0, 0.1) is 0 Å². The van der Waals surface area contributed by atoms with Gasteiger partial charge in [0.1, 0.15) is 6.10 Å². The highest BCUT2D eigenvalue weighted by molar-refractivity contribution is 6.74. The fourth-order valence-electron chi connectivity index (χ4n) is 1.56. The van der Waals surface area contributed by atoms with Crippen molar-refractivity contribution in [2.45, 2.75) is 51.6 Å². The maximum absolute atomic E-state index is 9.81. The maximum atomic E-state index is 9.81. The van der Waals surface area contributed by atoms with Crippen molar-refractivity contribution in [3.63, 3.8) is 0 Å². The summed E-state index contributed by atoms with van der Waals surface area (Å²) in [6.07, 6.45) is -0.834. The molecule has 1 aromatic carbocycles. The topological polar surface area (TPSA) is 49.7 Å². The molecule has 2 N–H and O–H groups in total. The van der Waals surface area contributed by atoms with E-state index in [2.05, 4.69) is 33.9 Å². The standard InChI is InChI=1S/C15H26O3Si/c1-15(2,3)19(4,5)18-11-12-8-6-7-9-13(12)14(17)10-16/h6-9,14,16-17H,10-11H2,1-5H3/t14-/m0/s1. The van der Waals surface area contributed by atoms with Crippen LogP contribution in [0.15, 0.2) is 24.3 Å². The van der Waals surface area contributed by atoms with E-state index in [9.17, 15) is 5.11 Å². The summed E-state index contributed by atoms with van der Waals surface area (Å²) in [5.41, 5.74) is 1.71. The van der Waals surface area contributed by atoms with Gasteiger partial charge in [-0.05, 0) is 29.3 Å². The van der Waals surface area contributed by atoms with Crippen LogP contribution < -0.4 is 0 Å². The van der Waals surface area contributed by atoms with Crippen molar-refractivity contribution in [1.29, 1.82) is 0 Å². The minimum Gasteiger partial charge on any atom is -0.413 e. The van der Waals surface area contributed by atoms with Gasteiger partial charge in [-0.2, -0.15) is 0 Å². The molecule has 1 atom stereocenters. The number of hydrogen-bond donors (Lipinski definition) is 2. The largest absolute Gasteiger partial charge is 0.413 e. The van der Waals surface area contributed by atoms with E-state index in [0.29, 0.717) is 6.61 Å². The lowest BCUT2D eigenvalue weighted by atomic mass is 10.0. The molecule has 0 aliphatic heterocycles. The molecule has 0 bridgehead atoms. The summed E-state index contributed by atoms with van der Waals surface area (Å²) < 4.78 is 6.16. The summed E-state index contributed by atoms with van der Waals surface area (Å²) in [6, 6.07) is 7.58. The van der Waals surface area contributed by atoms with Gasteiger partial charge < -0.3 is 14.6 Å². The van der Waals surface area contributed by atoms with Gasteiger partial charge in [-0.25, -0.2) is 0 Å². The normalized spacial score (nSPS) is 14.5. The molecular weight excluding hydrogens is 256 g/mol. The zero-order valence-electron chi connectivity index (χ0n) is 12.6. The molecule has 0 fully saturated rings. The Morgan fingerprint density at radius 1 is 1.21 bits per heavy atom. The van der Waals surface area contributed by atoms with Crippen LogP contribution in [0.3, 0.4) is 0 Å². The Morgan fingerprint density at radius 3 is 2.32 bits per heavy atom. The Kier molecular flexibility index (Phi) is 5.32. The molecule has 0 aliphatic rings. The molecule has 0 saturated heterocycles. The van der Waals surface area contributed by atoms with Crippen LogP contribution in [0.5, 0.6) is 0 Å². The molecule has 0 amide bonds. The molecule has 19 heavy (non-hydrogen) atoms. The van der Waals surface area contributed by atoms with Crippen LogP contribution >= 0.6 is 0 Å². The molecule has 1 rings (SSSR count). The lowest BCUT2D eigenvalue weighted by Gasteiger charge is -2.36. The molecule has 0 radical (unpaired) electrons. The lowest BCUT2D eigenvalue weighted by molar-refractivity contribution is 0.0937. The average molecular weight is 282 g/mol.